The van der Waals surface area contributed by atoms with E-state index in [-0.39, 0.29) is 6.04 Å². The van der Waals surface area contributed by atoms with Gasteiger partial charge in [0.2, 0.25) is 0 Å². The Kier molecular flexibility index (Phi) is 5.67. The lowest BCUT2D eigenvalue weighted by atomic mass is 9.86. The van der Waals surface area contributed by atoms with Gasteiger partial charge >= 0.3 is 5.97 Å². The van der Waals surface area contributed by atoms with Crippen LogP contribution in [0.4, 0.5) is 0 Å². The predicted octanol–water partition coefficient (Wildman–Crippen LogP) is 2.49. The first-order valence-electron chi connectivity index (χ1n) is 7.30. The fourth-order valence-electron chi connectivity index (χ4n) is 2.50. The standard InChI is InChI=1S/C16H23NO3S/c1-12(2)17-16(15(18)19,13-6-4-3-5-7-13)8-9-21-14-10-20-11-14/h3-7,12,14,17H,8-11H2,1-2H3,(H,18,19). The molecule has 1 saturated heterocycles. The van der Waals surface area contributed by atoms with Crippen LogP contribution in [0.1, 0.15) is 25.8 Å². The second-order valence-corrected chi connectivity index (χ2v) is 7.06. The van der Waals surface area contributed by atoms with Gasteiger partial charge in [-0.2, -0.15) is 11.8 Å². The Morgan fingerprint density at radius 1 is 1.43 bits per heavy atom. The Bertz CT molecular complexity index is 462. The summed E-state index contributed by atoms with van der Waals surface area (Å²) < 4.78 is 5.16. The van der Waals surface area contributed by atoms with Gasteiger partial charge < -0.3 is 9.84 Å². The number of benzene rings is 1. The molecule has 4 nitrogen and oxygen atoms in total. The van der Waals surface area contributed by atoms with Gasteiger partial charge in [-0.15, -0.1) is 0 Å². The number of hydrogen-bond acceptors (Lipinski definition) is 4. The van der Waals surface area contributed by atoms with Crippen molar-refractivity contribution in [1.82, 2.24) is 5.32 Å². The van der Waals surface area contributed by atoms with Gasteiger partial charge in [0, 0.05) is 6.04 Å². The highest BCUT2D eigenvalue weighted by Gasteiger charge is 2.40. The monoisotopic (exact) mass is 309 g/mol. The average Bonchev–Trinajstić information content (AvgIpc) is 2.40. The molecule has 0 saturated carbocycles. The molecule has 1 fully saturated rings. The molecule has 1 aromatic carbocycles. The van der Waals surface area contributed by atoms with Crippen molar-refractivity contribution in [3.63, 3.8) is 0 Å². The predicted molar refractivity (Wildman–Crippen MR) is 85.7 cm³/mol. The normalized spacial score (nSPS) is 18.2. The van der Waals surface area contributed by atoms with E-state index < -0.39 is 11.5 Å². The number of rotatable bonds is 8. The van der Waals surface area contributed by atoms with E-state index in [1.165, 1.54) is 0 Å². The molecule has 5 heteroatoms. The lowest BCUT2D eigenvalue weighted by molar-refractivity contribution is -0.146. The summed E-state index contributed by atoms with van der Waals surface area (Å²) in [6, 6.07) is 9.57. The zero-order chi connectivity index (χ0) is 15.3. The van der Waals surface area contributed by atoms with Crippen molar-refractivity contribution in [3.05, 3.63) is 35.9 Å². The van der Waals surface area contributed by atoms with Gasteiger partial charge in [0.25, 0.3) is 0 Å². The van der Waals surface area contributed by atoms with Crippen LogP contribution in [0.5, 0.6) is 0 Å². The van der Waals surface area contributed by atoms with Crippen molar-refractivity contribution >= 4 is 17.7 Å². The molecule has 0 amide bonds. The van der Waals surface area contributed by atoms with E-state index >= 15 is 0 Å². The van der Waals surface area contributed by atoms with Crippen LogP contribution in [0.25, 0.3) is 0 Å². The Morgan fingerprint density at radius 2 is 2.10 bits per heavy atom. The Labute approximate surface area is 130 Å². The molecule has 21 heavy (non-hydrogen) atoms. The number of ether oxygens (including phenoxy) is 1. The Morgan fingerprint density at radius 3 is 2.57 bits per heavy atom. The van der Waals surface area contributed by atoms with E-state index in [1.54, 1.807) is 11.8 Å². The first kappa shape index (κ1) is 16.3. The zero-order valence-electron chi connectivity index (χ0n) is 12.5. The van der Waals surface area contributed by atoms with Crippen molar-refractivity contribution in [3.8, 4) is 0 Å². The van der Waals surface area contributed by atoms with E-state index in [0.29, 0.717) is 11.7 Å². The maximum absolute atomic E-state index is 12.0. The van der Waals surface area contributed by atoms with Crippen molar-refractivity contribution in [1.29, 1.82) is 0 Å². The number of carbonyl (C=O) groups is 1. The summed E-state index contributed by atoms with van der Waals surface area (Å²) in [7, 11) is 0. The molecule has 1 aliphatic heterocycles. The first-order valence-corrected chi connectivity index (χ1v) is 8.35. The highest BCUT2D eigenvalue weighted by Crippen LogP contribution is 2.30. The Balaban J connectivity index is 2.15. The summed E-state index contributed by atoms with van der Waals surface area (Å²) >= 11 is 1.80. The molecule has 116 valence electrons. The van der Waals surface area contributed by atoms with Crippen LogP contribution in [0.3, 0.4) is 0 Å². The Hall–Kier alpha value is -1.04. The molecule has 0 spiro atoms. The smallest absolute Gasteiger partial charge is 0.328 e. The number of thioether (sulfide) groups is 1. The SMILES string of the molecule is CC(C)NC(CCSC1COC1)(C(=O)O)c1ccccc1. The van der Waals surface area contributed by atoms with Crippen molar-refractivity contribution in [2.24, 2.45) is 0 Å². The molecule has 1 aromatic rings. The number of aliphatic carboxylic acids is 1. The summed E-state index contributed by atoms with van der Waals surface area (Å²) in [4.78, 5) is 12.0. The molecule has 2 rings (SSSR count). The molecule has 1 heterocycles. The van der Waals surface area contributed by atoms with Crippen LogP contribution in [0.2, 0.25) is 0 Å². The van der Waals surface area contributed by atoms with Gasteiger partial charge in [-0.25, -0.2) is 4.79 Å². The van der Waals surface area contributed by atoms with E-state index in [2.05, 4.69) is 5.32 Å². The zero-order valence-corrected chi connectivity index (χ0v) is 13.4. The minimum Gasteiger partial charge on any atom is -0.480 e. The van der Waals surface area contributed by atoms with Crippen molar-refractivity contribution < 1.29 is 14.6 Å². The molecule has 0 aromatic heterocycles. The van der Waals surface area contributed by atoms with E-state index in [9.17, 15) is 9.90 Å². The molecular weight excluding hydrogens is 286 g/mol. The van der Waals surface area contributed by atoms with Crippen LogP contribution in [0.15, 0.2) is 30.3 Å². The summed E-state index contributed by atoms with van der Waals surface area (Å²) in [6.07, 6.45) is 0.561. The number of carboxylic acid groups (broad SMARTS) is 1. The molecule has 1 unspecified atom stereocenters. The van der Waals surface area contributed by atoms with Crippen LogP contribution in [0, 0.1) is 0 Å². The minimum absolute atomic E-state index is 0.0957. The summed E-state index contributed by atoms with van der Waals surface area (Å²) in [6.45, 7) is 5.53. The highest BCUT2D eigenvalue weighted by atomic mass is 32.2. The number of hydrogen-bond donors (Lipinski definition) is 2. The largest absolute Gasteiger partial charge is 0.480 e. The van der Waals surface area contributed by atoms with Gasteiger partial charge in [0.15, 0.2) is 0 Å². The third-order valence-electron chi connectivity index (χ3n) is 3.60. The lowest BCUT2D eigenvalue weighted by Crippen LogP contribution is -2.52. The van der Waals surface area contributed by atoms with Crippen molar-refractivity contribution in [2.45, 2.75) is 37.1 Å². The van der Waals surface area contributed by atoms with Crippen LogP contribution < -0.4 is 5.32 Å². The minimum atomic E-state index is -1.02. The van der Waals surface area contributed by atoms with Gasteiger partial charge in [-0.1, -0.05) is 30.3 Å². The van der Waals surface area contributed by atoms with Crippen LogP contribution in [-0.2, 0) is 15.1 Å². The maximum Gasteiger partial charge on any atom is 0.328 e. The molecular formula is C16H23NO3S. The molecule has 0 bridgehead atoms. The first-order chi connectivity index (χ1) is 10.0. The second kappa shape index (κ2) is 7.29. The summed E-state index contributed by atoms with van der Waals surface area (Å²) in [5, 5.41) is 13.7. The number of nitrogens with one attached hydrogen (secondary N) is 1. The highest BCUT2D eigenvalue weighted by molar-refractivity contribution is 8.00. The maximum atomic E-state index is 12.0. The fraction of sp³-hybridized carbons (Fsp3) is 0.562. The topological polar surface area (TPSA) is 58.6 Å². The van der Waals surface area contributed by atoms with Gasteiger partial charge in [-0.05, 0) is 31.6 Å². The van der Waals surface area contributed by atoms with Crippen LogP contribution in [-0.4, -0.2) is 41.3 Å². The second-order valence-electron chi connectivity index (χ2n) is 5.66. The van der Waals surface area contributed by atoms with Gasteiger partial charge in [-0.3, -0.25) is 5.32 Å². The molecule has 0 aliphatic carbocycles. The lowest BCUT2D eigenvalue weighted by Gasteiger charge is -2.34. The fourth-order valence-corrected chi connectivity index (χ4v) is 3.64. The molecule has 2 N–H and O–H groups in total. The quantitative estimate of drug-likeness (QED) is 0.772. The molecule has 0 radical (unpaired) electrons. The third-order valence-corrected chi connectivity index (χ3v) is 4.79. The van der Waals surface area contributed by atoms with Gasteiger partial charge in [0.05, 0.1) is 18.5 Å². The summed E-state index contributed by atoms with van der Waals surface area (Å²) in [5.74, 6) is -0.0116. The number of carboxylic acids is 1. The molecule has 1 atom stereocenters. The average molecular weight is 309 g/mol. The van der Waals surface area contributed by atoms with Crippen LogP contribution >= 0.6 is 11.8 Å². The van der Waals surface area contributed by atoms with Gasteiger partial charge in [0.1, 0.15) is 5.54 Å². The third kappa shape index (κ3) is 3.99. The summed E-state index contributed by atoms with van der Waals surface area (Å²) in [5.41, 5.74) is -0.204. The van der Waals surface area contributed by atoms with E-state index in [0.717, 1.165) is 24.5 Å². The van der Waals surface area contributed by atoms with E-state index in [1.807, 2.05) is 44.2 Å². The van der Waals surface area contributed by atoms with Crippen molar-refractivity contribution in [2.75, 3.05) is 19.0 Å². The molecule has 1 aliphatic rings. The van der Waals surface area contributed by atoms with E-state index in [4.69, 9.17) is 4.74 Å².